The molecule has 0 radical (unpaired) electrons. The normalized spacial score (nSPS) is 16.9. The van der Waals surface area contributed by atoms with Crippen molar-refractivity contribution in [1.29, 1.82) is 0 Å². The summed E-state index contributed by atoms with van der Waals surface area (Å²) in [6.45, 7) is 6.61. The highest BCUT2D eigenvalue weighted by molar-refractivity contribution is 14.1. The van der Waals surface area contributed by atoms with Crippen molar-refractivity contribution >= 4 is 39.2 Å². The minimum absolute atomic E-state index is 0.0748. The fourth-order valence-electron chi connectivity index (χ4n) is 3.52. The van der Waals surface area contributed by atoms with E-state index in [0.29, 0.717) is 20.2 Å². The van der Waals surface area contributed by atoms with E-state index in [1.54, 1.807) is 0 Å². The van der Waals surface area contributed by atoms with Gasteiger partial charge in [0.15, 0.2) is 17.4 Å². The van der Waals surface area contributed by atoms with Crippen molar-refractivity contribution in [3.63, 3.8) is 0 Å². The van der Waals surface area contributed by atoms with Gasteiger partial charge in [0, 0.05) is 24.2 Å². The molecule has 2 heterocycles. The van der Waals surface area contributed by atoms with Crippen LogP contribution in [0.3, 0.4) is 0 Å². The van der Waals surface area contributed by atoms with E-state index in [0.717, 1.165) is 37.7 Å². The monoisotopic (exact) mass is 483 g/mol. The van der Waals surface area contributed by atoms with Gasteiger partial charge in [0.1, 0.15) is 9.22 Å². The molecule has 1 aromatic heterocycles. The lowest BCUT2D eigenvalue weighted by Gasteiger charge is -2.38. The summed E-state index contributed by atoms with van der Waals surface area (Å²) in [5.74, 6) is -2.96. The maximum absolute atomic E-state index is 14.5. The molecule has 1 aliphatic rings. The van der Waals surface area contributed by atoms with Gasteiger partial charge >= 0.3 is 0 Å². The number of phenolic OH excluding ortho intramolecular Hbond substituents is 1. The molecule has 4 nitrogen and oxygen atoms in total. The molecular formula is C20H20F2IN3O. The van der Waals surface area contributed by atoms with Gasteiger partial charge < -0.3 is 10.0 Å². The van der Waals surface area contributed by atoms with Crippen LogP contribution in [-0.4, -0.2) is 28.0 Å². The van der Waals surface area contributed by atoms with Crippen molar-refractivity contribution in [2.75, 3.05) is 18.0 Å². The maximum Gasteiger partial charge on any atom is 0.194 e. The van der Waals surface area contributed by atoms with E-state index in [2.05, 4.69) is 23.8 Å². The first kappa shape index (κ1) is 18.5. The average Bonchev–Trinajstić information content (AvgIpc) is 2.97. The molecule has 27 heavy (non-hydrogen) atoms. The average molecular weight is 483 g/mol. The molecule has 0 aliphatic carbocycles. The van der Waals surface area contributed by atoms with Gasteiger partial charge in [-0.25, -0.2) is 13.5 Å². The minimum Gasteiger partial charge on any atom is -0.503 e. The molecule has 1 N–H and O–H groups in total. The number of benzene rings is 2. The van der Waals surface area contributed by atoms with Crippen molar-refractivity contribution < 1.29 is 13.9 Å². The second-order valence-electron chi connectivity index (χ2n) is 7.79. The van der Waals surface area contributed by atoms with Crippen LogP contribution < -0.4 is 4.90 Å². The highest BCUT2D eigenvalue weighted by Crippen LogP contribution is 2.34. The quantitative estimate of drug-likeness (QED) is 0.507. The molecule has 0 atom stereocenters. The Morgan fingerprint density at radius 3 is 2.30 bits per heavy atom. The van der Waals surface area contributed by atoms with Crippen LogP contribution in [0.25, 0.3) is 16.6 Å². The van der Waals surface area contributed by atoms with Crippen LogP contribution in [0, 0.1) is 20.8 Å². The third kappa shape index (κ3) is 3.26. The second kappa shape index (κ2) is 6.61. The fourth-order valence-corrected chi connectivity index (χ4v) is 4.14. The molecular weight excluding hydrogens is 463 g/mol. The van der Waals surface area contributed by atoms with Gasteiger partial charge in [-0.15, -0.1) is 0 Å². The van der Waals surface area contributed by atoms with Gasteiger partial charge in [0.25, 0.3) is 0 Å². The summed E-state index contributed by atoms with van der Waals surface area (Å²) in [5, 5.41) is 14.3. The smallest absolute Gasteiger partial charge is 0.194 e. The summed E-state index contributed by atoms with van der Waals surface area (Å²) in [6, 6.07) is 8.85. The number of fused-ring (bicyclic) bond motifs is 1. The molecule has 142 valence electrons. The lowest BCUT2D eigenvalue weighted by atomic mass is 9.82. The Balaban J connectivity index is 1.70. The number of rotatable bonds is 2. The number of piperidine rings is 1. The Hall–Kier alpha value is -1.90. The van der Waals surface area contributed by atoms with Crippen molar-refractivity contribution in [2.24, 2.45) is 5.41 Å². The zero-order valence-electron chi connectivity index (χ0n) is 15.1. The second-order valence-corrected chi connectivity index (χ2v) is 8.81. The van der Waals surface area contributed by atoms with Crippen molar-refractivity contribution in [1.82, 2.24) is 9.78 Å². The molecule has 0 unspecified atom stereocenters. The third-order valence-corrected chi connectivity index (χ3v) is 6.16. The van der Waals surface area contributed by atoms with Gasteiger partial charge in [-0.05, 0) is 71.2 Å². The molecule has 0 bridgehead atoms. The lowest BCUT2D eigenvalue weighted by Crippen LogP contribution is -2.37. The molecule has 1 saturated heterocycles. The van der Waals surface area contributed by atoms with Crippen LogP contribution in [0.5, 0.6) is 5.75 Å². The summed E-state index contributed by atoms with van der Waals surface area (Å²) in [6.07, 6.45) is 2.29. The number of anilines is 1. The molecule has 4 rings (SSSR count). The standard InChI is InChI=1S/C20H20F2IN3O/c1-20(2)7-9-25(10-8-20)12-3-5-13(6-4-12)26-17-14(19(23)24-26)11-15(21)18(27)16(17)22/h3-6,11,27H,7-10H2,1-2H3. The summed E-state index contributed by atoms with van der Waals surface area (Å²) in [5.41, 5.74) is 2.24. The van der Waals surface area contributed by atoms with Crippen LogP contribution >= 0.6 is 22.6 Å². The fraction of sp³-hybridized carbons (Fsp3) is 0.350. The van der Waals surface area contributed by atoms with Gasteiger partial charge in [0.2, 0.25) is 0 Å². The molecule has 0 amide bonds. The summed E-state index contributed by atoms with van der Waals surface area (Å²) in [7, 11) is 0. The minimum atomic E-state index is -0.997. The van der Waals surface area contributed by atoms with Crippen LogP contribution in [0.2, 0.25) is 0 Å². The molecule has 0 spiro atoms. The van der Waals surface area contributed by atoms with E-state index in [4.69, 9.17) is 0 Å². The molecule has 3 aromatic rings. The number of hydrogen-bond donors (Lipinski definition) is 1. The zero-order valence-corrected chi connectivity index (χ0v) is 17.3. The van der Waals surface area contributed by atoms with E-state index < -0.39 is 17.4 Å². The van der Waals surface area contributed by atoms with Gasteiger partial charge in [-0.1, -0.05) is 13.8 Å². The Labute approximate surface area is 169 Å². The molecule has 7 heteroatoms. The summed E-state index contributed by atoms with van der Waals surface area (Å²) >= 11 is 1.94. The van der Waals surface area contributed by atoms with Gasteiger partial charge in [-0.3, -0.25) is 0 Å². The molecule has 1 fully saturated rings. The van der Waals surface area contributed by atoms with E-state index in [9.17, 15) is 13.9 Å². The number of nitrogens with zero attached hydrogens (tertiary/aromatic N) is 3. The lowest BCUT2D eigenvalue weighted by molar-refractivity contribution is 0.280. The first-order chi connectivity index (χ1) is 12.8. The predicted octanol–water partition coefficient (Wildman–Crippen LogP) is 5.24. The Morgan fingerprint density at radius 2 is 1.67 bits per heavy atom. The number of hydrogen-bond acceptors (Lipinski definition) is 3. The summed E-state index contributed by atoms with van der Waals surface area (Å²) in [4.78, 5) is 2.35. The Kier molecular flexibility index (Phi) is 4.52. The van der Waals surface area contributed by atoms with Crippen molar-refractivity contribution in [3.05, 3.63) is 45.7 Å². The number of aromatic nitrogens is 2. The predicted molar refractivity (Wildman–Crippen MR) is 111 cm³/mol. The first-order valence-corrected chi connectivity index (χ1v) is 9.95. The van der Waals surface area contributed by atoms with Gasteiger partial charge in [0.05, 0.1) is 5.69 Å². The zero-order chi connectivity index (χ0) is 19.3. The highest BCUT2D eigenvalue weighted by atomic mass is 127. The van der Waals surface area contributed by atoms with Crippen LogP contribution in [0.4, 0.5) is 14.5 Å². The maximum atomic E-state index is 14.5. The largest absolute Gasteiger partial charge is 0.503 e. The van der Waals surface area contributed by atoms with Crippen LogP contribution in [0.15, 0.2) is 30.3 Å². The van der Waals surface area contributed by atoms with Crippen LogP contribution in [-0.2, 0) is 0 Å². The van der Waals surface area contributed by atoms with Crippen LogP contribution in [0.1, 0.15) is 26.7 Å². The number of phenols is 1. The Morgan fingerprint density at radius 1 is 1.07 bits per heavy atom. The number of aromatic hydroxyl groups is 1. The SMILES string of the molecule is CC1(C)CCN(c2ccc(-n3nc(I)c4cc(F)c(O)c(F)c43)cc2)CC1. The summed E-state index contributed by atoms with van der Waals surface area (Å²) < 4.78 is 30.1. The van der Waals surface area contributed by atoms with E-state index in [1.807, 2.05) is 46.9 Å². The molecule has 0 saturated carbocycles. The molecule has 1 aliphatic heterocycles. The van der Waals surface area contributed by atoms with Crippen molar-refractivity contribution in [3.8, 4) is 11.4 Å². The topological polar surface area (TPSA) is 41.3 Å². The number of halogens is 3. The highest BCUT2D eigenvalue weighted by Gasteiger charge is 2.25. The van der Waals surface area contributed by atoms with E-state index >= 15 is 0 Å². The third-order valence-electron chi connectivity index (χ3n) is 5.37. The van der Waals surface area contributed by atoms with E-state index in [-0.39, 0.29) is 5.52 Å². The van der Waals surface area contributed by atoms with Crippen molar-refractivity contribution in [2.45, 2.75) is 26.7 Å². The Bertz CT molecular complexity index is 1000. The van der Waals surface area contributed by atoms with E-state index in [1.165, 1.54) is 4.68 Å². The first-order valence-electron chi connectivity index (χ1n) is 8.87. The molecule has 2 aromatic carbocycles. The van der Waals surface area contributed by atoms with Gasteiger partial charge in [-0.2, -0.15) is 5.10 Å².